The molecule has 3 atom stereocenters. The smallest absolute Gasteiger partial charge is 0.252 e. The third kappa shape index (κ3) is 7.02. The van der Waals surface area contributed by atoms with Crippen molar-refractivity contribution in [2.24, 2.45) is 5.73 Å². The highest BCUT2D eigenvalue weighted by Crippen LogP contribution is 2.19. The lowest BCUT2D eigenvalue weighted by molar-refractivity contribution is -0.134. The van der Waals surface area contributed by atoms with Crippen LogP contribution in [0.2, 0.25) is 0 Å². The molecule has 0 fully saturated rings. The Morgan fingerprint density at radius 2 is 1.35 bits per heavy atom. The van der Waals surface area contributed by atoms with Crippen LogP contribution in [0.1, 0.15) is 40.4 Å². The molecule has 7 nitrogen and oxygen atoms in total. The summed E-state index contributed by atoms with van der Waals surface area (Å²) in [6.07, 6.45) is 0.0460. The maximum Gasteiger partial charge on any atom is 0.252 e. The second-order valence-electron chi connectivity index (χ2n) is 8.01. The van der Waals surface area contributed by atoms with E-state index in [9.17, 15) is 19.5 Å². The van der Waals surface area contributed by atoms with Gasteiger partial charge in [0.1, 0.15) is 6.04 Å². The van der Waals surface area contributed by atoms with Gasteiger partial charge in [0.25, 0.3) is 11.8 Å². The predicted molar refractivity (Wildman–Crippen MR) is 130 cm³/mol. The van der Waals surface area contributed by atoms with Gasteiger partial charge in [-0.1, -0.05) is 78.9 Å². The number of hydrogen-bond acceptors (Lipinski definition) is 4. The molecule has 0 aliphatic carbocycles. The van der Waals surface area contributed by atoms with Crippen LogP contribution < -0.4 is 16.4 Å². The Balaban J connectivity index is 1.68. The summed E-state index contributed by atoms with van der Waals surface area (Å²) in [6, 6.07) is 25.0. The molecule has 5 N–H and O–H groups in total. The van der Waals surface area contributed by atoms with E-state index in [-0.39, 0.29) is 0 Å². The van der Waals surface area contributed by atoms with Crippen LogP contribution in [-0.2, 0) is 16.0 Å². The summed E-state index contributed by atoms with van der Waals surface area (Å²) in [5.74, 6) is -1.90. The van der Waals surface area contributed by atoms with E-state index in [1.165, 1.54) is 0 Å². The van der Waals surface area contributed by atoms with Gasteiger partial charge < -0.3 is 21.5 Å². The molecule has 0 spiro atoms. The van der Waals surface area contributed by atoms with Gasteiger partial charge in [0.15, 0.2) is 6.10 Å². The monoisotopic (exact) mass is 459 g/mol. The van der Waals surface area contributed by atoms with E-state index in [1.54, 1.807) is 60.7 Å². The molecule has 0 aliphatic rings. The second-order valence-corrected chi connectivity index (χ2v) is 8.01. The Labute approximate surface area is 199 Å². The second kappa shape index (κ2) is 12.3. The number of aliphatic hydroxyl groups is 1. The summed E-state index contributed by atoms with van der Waals surface area (Å²) >= 11 is 0. The molecule has 0 saturated heterocycles. The molecule has 3 aromatic carbocycles. The molecular formula is C27H29N3O4. The lowest BCUT2D eigenvalue weighted by Gasteiger charge is -2.26. The van der Waals surface area contributed by atoms with Crippen molar-refractivity contribution in [2.75, 3.05) is 0 Å². The van der Waals surface area contributed by atoms with Crippen LogP contribution in [0.3, 0.4) is 0 Å². The van der Waals surface area contributed by atoms with Gasteiger partial charge in [-0.05, 0) is 42.5 Å². The van der Waals surface area contributed by atoms with Crippen molar-refractivity contribution in [3.8, 4) is 0 Å². The first kappa shape index (κ1) is 24.7. The number of primary amides is 1. The van der Waals surface area contributed by atoms with Gasteiger partial charge in [-0.3, -0.25) is 14.4 Å². The van der Waals surface area contributed by atoms with Crippen LogP contribution in [0.15, 0.2) is 91.0 Å². The lowest BCUT2D eigenvalue weighted by atomic mass is 9.99. The molecule has 7 heteroatoms. The van der Waals surface area contributed by atoms with Gasteiger partial charge >= 0.3 is 0 Å². The summed E-state index contributed by atoms with van der Waals surface area (Å²) in [5.41, 5.74) is 7.56. The standard InChI is InChI=1S/C27H29N3O4/c28-25(32)22(18-10-13-19-11-4-1-5-12-19)29-27(34)24(31)23(20-14-6-2-7-15-20)30-26(33)21-16-8-3-9-17-21/h1-9,11-12,14-17,22-24,31H,10,13,18H2,(H2,28,32)(H,29,34)(H,30,33)/t22-,23+,24-/m1/s1. The predicted octanol–water partition coefficient (Wildman–Crippen LogP) is 2.51. The van der Waals surface area contributed by atoms with Crippen molar-refractivity contribution in [1.82, 2.24) is 10.6 Å². The number of nitrogens with one attached hydrogen (secondary N) is 2. The van der Waals surface area contributed by atoms with E-state index in [0.717, 1.165) is 12.0 Å². The van der Waals surface area contributed by atoms with Gasteiger partial charge in [0, 0.05) is 5.56 Å². The van der Waals surface area contributed by atoms with Gasteiger partial charge in [0.2, 0.25) is 5.91 Å². The van der Waals surface area contributed by atoms with Crippen LogP contribution in [0.5, 0.6) is 0 Å². The van der Waals surface area contributed by atoms with Crippen LogP contribution >= 0.6 is 0 Å². The zero-order valence-electron chi connectivity index (χ0n) is 18.8. The molecular weight excluding hydrogens is 430 g/mol. The van der Waals surface area contributed by atoms with E-state index in [1.807, 2.05) is 30.3 Å². The molecule has 3 amide bonds. The molecule has 34 heavy (non-hydrogen) atoms. The zero-order valence-corrected chi connectivity index (χ0v) is 18.8. The van der Waals surface area contributed by atoms with E-state index in [0.29, 0.717) is 24.0 Å². The highest BCUT2D eigenvalue weighted by molar-refractivity contribution is 5.95. The lowest BCUT2D eigenvalue weighted by Crippen LogP contribution is -2.51. The fourth-order valence-corrected chi connectivity index (χ4v) is 3.67. The maximum atomic E-state index is 12.9. The van der Waals surface area contributed by atoms with E-state index < -0.39 is 35.9 Å². The summed E-state index contributed by atoms with van der Waals surface area (Å²) in [5, 5.41) is 16.2. The van der Waals surface area contributed by atoms with Gasteiger partial charge in [0.05, 0.1) is 6.04 Å². The van der Waals surface area contributed by atoms with Crippen LogP contribution in [0.25, 0.3) is 0 Å². The third-order valence-electron chi connectivity index (χ3n) is 5.53. The molecule has 3 aromatic rings. The highest BCUT2D eigenvalue weighted by atomic mass is 16.3. The summed E-state index contributed by atoms with van der Waals surface area (Å²) in [7, 11) is 0. The number of aryl methyl sites for hydroxylation is 1. The van der Waals surface area contributed by atoms with Crippen molar-refractivity contribution in [3.05, 3.63) is 108 Å². The fraction of sp³-hybridized carbons (Fsp3) is 0.222. The molecule has 176 valence electrons. The number of carbonyl (C=O) groups excluding carboxylic acids is 3. The maximum absolute atomic E-state index is 12.9. The zero-order chi connectivity index (χ0) is 24.3. The van der Waals surface area contributed by atoms with Crippen molar-refractivity contribution in [3.63, 3.8) is 0 Å². The first-order valence-electron chi connectivity index (χ1n) is 11.2. The Morgan fingerprint density at radius 3 is 1.94 bits per heavy atom. The largest absolute Gasteiger partial charge is 0.381 e. The van der Waals surface area contributed by atoms with E-state index in [2.05, 4.69) is 10.6 Å². The first-order chi connectivity index (χ1) is 16.5. The van der Waals surface area contributed by atoms with Gasteiger partial charge in [-0.25, -0.2) is 0 Å². The van der Waals surface area contributed by atoms with Crippen molar-refractivity contribution < 1.29 is 19.5 Å². The summed E-state index contributed by atoms with van der Waals surface area (Å²) < 4.78 is 0. The van der Waals surface area contributed by atoms with Crippen molar-refractivity contribution in [1.29, 1.82) is 0 Å². The normalized spacial score (nSPS) is 13.3. The van der Waals surface area contributed by atoms with E-state index >= 15 is 0 Å². The number of amides is 3. The van der Waals surface area contributed by atoms with Crippen LogP contribution in [-0.4, -0.2) is 35.0 Å². The number of nitrogens with two attached hydrogens (primary N) is 1. The minimum Gasteiger partial charge on any atom is -0.381 e. The number of carbonyl (C=O) groups is 3. The summed E-state index contributed by atoms with van der Waals surface area (Å²) in [6.45, 7) is 0. The van der Waals surface area contributed by atoms with Gasteiger partial charge in [-0.2, -0.15) is 0 Å². The number of hydrogen-bond donors (Lipinski definition) is 4. The van der Waals surface area contributed by atoms with Crippen molar-refractivity contribution in [2.45, 2.75) is 37.5 Å². The fourth-order valence-electron chi connectivity index (χ4n) is 3.67. The quantitative estimate of drug-likeness (QED) is 0.352. The Bertz CT molecular complexity index is 1070. The van der Waals surface area contributed by atoms with E-state index in [4.69, 9.17) is 5.73 Å². The van der Waals surface area contributed by atoms with Crippen LogP contribution in [0, 0.1) is 0 Å². The molecule has 0 aliphatic heterocycles. The molecule has 0 aromatic heterocycles. The number of rotatable bonds is 11. The average Bonchev–Trinajstić information content (AvgIpc) is 2.87. The number of aliphatic hydroxyl groups excluding tert-OH is 1. The highest BCUT2D eigenvalue weighted by Gasteiger charge is 2.31. The minimum atomic E-state index is -1.63. The molecule has 0 heterocycles. The Kier molecular flexibility index (Phi) is 8.94. The SMILES string of the molecule is NC(=O)[C@@H](CCCc1ccccc1)NC(=O)[C@H](O)[C@@H](NC(=O)c1ccccc1)c1ccccc1. The summed E-state index contributed by atoms with van der Waals surface area (Å²) in [4.78, 5) is 37.6. The van der Waals surface area contributed by atoms with Crippen molar-refractivity contribution >= 4 is 17.7 Å². The number of benzene rings is 3. The molecule has 3 rings (SSSR count). The Morgan fingerprint density at radius 1 is 0.794 bits per heavy atom. The molecule has 0 saturated carbocycles. The molecule has 0 radical (unpaired) electrons. The first-order valence-corrected chi connectivity index (χ1v) is 11.2. The van der Waals surface area contributed by atoms with Gasteiger partial charge in [-0.15, -0.1) is 0 Å². The molecule has 0 bridgehead atoms. The van der Waals surface area contributed by atoms with Crippen LogP contribution in [0.4, 0.5) is 0 Å². The minimum absolute atomic E-state index is 0.328. The molecule has 0 unspecified atom stereocenters. The average molecular weight is 460 g/mol. The third-order valence-corrected chi connectivity index (χ3v) is 5.53. The topological polar surface area (TPSA) is 122 Å². The Hall–Kier alpha value is -3.97.